The summed E-state index contributed by atoms with van der Waals surface area (Å²) in [6, 6.07) is 49.5. The van der Waals surface area contributed by atoms with E-state index in [2.05, 4.69) is 27.7 Å². The maximum atomic E-state index is 16.1. The molecule has 0 radical (unpaired) electrons. The molecule has 0 spiro atoms. The van der Waals surface area contributed by atoms with Crippen LogP contribution in [0.4, 0.5) is 0 Å². The summed E-state index contributed by atoms with van der Waals surface area (Å²) in [5, 5.41) is 7.43. The van der Waals surface area contributed by atoms with Crippen molar-refractivity contribution in [3.63, 3.8) is 0 Å². The Labute approximate surface area is 454 Å². The van der Waals surface area contributed by atoms with E-state index in [9.17, 15) is 0 Å². The van der Waals surface area contributed by atoms with E-state index in [1.54, 1.807) is 24.3 Å². The highest BCUT2D eigenvalue weighted by atomic mass is 16.3. The lowest BCUT2D eigenvalue weighted by Crippen LogP contribution is -2.34. The van der Waals surface area contributed by atoms with Crippen molar-refractivity contribution < 1.29 is 17.7 Å². The van der Waals surface area contributed by atoms with Crippen LogP contribution in [0, 0.1) is 6.92 Å². The molecular formula is C70H50N2O8. The number of aryl methyl sites for hydroxylation is 1. The molecule has 0 aliphatic carbocycles. The third-order valence-electron chi connectivity index (χ3n) is 16.6. The van der Waals surface area contributed by atoms with Crippen LogP contribution in [0.3, 0.4) is 0 Å². The SMILES string of the molecule is Cc1cccc(C(C)C)c1-n1c(=O)c2cc3oc4ccccc4c4ccccc4oc4cc5c(=O)n(-c6c(C(C)C)cccc6C(C)C)c(=O)c6cc7oc8ccccc8c8ccccc8oc8cc(c1=O)c2c1c3c4c(c56)c7c81. The van der Waals surface area contributed by atoms with E-state index >= 15 is 19.2 Å². The first-order valence-corrected chi connectivity index (χ1v) is 27.2. The van der Waals surface area contributed by atoms with E-state index in [1.165, 1.54) is 9.13 Å². The Morgan fingerprint density at radius 3 is 0.875 bits per heavy atom. The molecular weight excluding hydrogens is 997 g/mol. The molecule has 4 heterocycles. The van der Waals surface area contributed by atoms with E-state index in [4.69, 9.17) is 17.7 Å². The second kappa shape index (κ2) is 17.1. The van der Waals surface area contributed by atoms with Crippen LogP contribution in [0.5, 0.6) is 0 Å². The van der Waals surface area contributed by atoms with Gasteiger partial charge in [-0.3, -0.25) is 19.2 Å². The van der Waals surface area contributed by atoms with Gasteiger partial charge in [-0.05, 0) is 95.5 Å². The minimum Gasteiger partial charge on any atom is -0.456 e. The first-order chi connectivity index (χ1) is 38.8. The van der Waals surface area contributed by atoms with Crippen LogP contribution in [-0.4, -0.2) is 9.13 Å². The van der Waals surface area contributed by atoms with Crippen LogP contribution >= 0.6 is 0 Å². The third kappa shape index (κ3) is 6.47. The van der Waals surface area contributed by atoms with Crippen molar-refractivity contribution in [1.82, 2.24) is 9.13 Å². The zero-order chi connectivity index (χ0) is 54.7. The number of hydrogen-bond donors (Lipinski definition) is 0. The number of benzene rings is 11. The molecule has 80 heavy (non-hydrogen) atoms. The highest BCUT2D eigenvalue weighted by Gasteiger charge is 2.32. The number of fused-ring (bicyclic) bond motifs is 6. The molecule has 10 heteroatoms. The fourth-order valence-electron chi connectivity index (χ4n) is 13.0. The number of pyridine rings is 2. The smallest absolute Gasteiger partial charge is 0.266 e. The van der Waals surface area contributed by atoms with Gasteiger partial charge in [0, 0.05) is 64.6 Å². The second-order valence-electron chi connectivity index (χ2n) is 22.2. The lowest BCUT2D eigenvalue weighted by molar-refractivity contribution is 0.656. The fourth-order valence-corrected chi connectivity index (χ4v) is 13.0. The monoisotopic (exact) mass is 1050 g/mol. The normalized spacial score (nSPS) is 12.5. The van der Waals surface area contributed by atoms with Crippen molar-refractivity contribution in [3.8, 4) is 11.4 Å². The maximum absolute atomic E-state index is 16.1. The minimum atomic E-state index is -0.524. The molecule has 0 aliphatic rings. The average Bonchev–Trinajstić information content (AvgIpc) is 3.21. The highest BCUT2D eigenvalue weighted by molar-refractivity contribution is 6.47. The Hall–Kier alpha value is -9.80. The van der Waals surface area contributed by atoms with Crippen LogP contribution in [0.2, 0.25) is 0 Å². The molecule has 15 aromatic rings. The van der Waals surface area contributed by atoms with E-state index in [1.807, 2.05) is 154 Å². The quantitative estimate of drug-likeness (QED) is 0.123. The third-order valence-corrected chi connectivity index (χ3v) is 16.6. The van der Waals surface area contributed by atoms with Gasteiger partial charge in [0.25, 0.3) is 22.2 Å². The van der Waals surface area contributed by atoms with Crippen molar-refractivity contribution in [2.75, 3.05) is 0 Å². The molecule has 0 atom stereocenters. The largest absolute Gasteiger partial charge is 0.456 e. The Kier molecular flexibility index (Phi) is 10.1. The predicted octanol–water partition coefficient (Wildman–Crippen LogP) is 17.2. The van der Waals surface area contributed by atoms with E-state index < -0.39 is 22.2 Å². The second-order valence-corrected chi connectivity index (χ2v) is 22.2. The highest BCUT2D eigenvalue weighted by Crippen LogP contribution is 2.51. The lowest BCUT2D eigenvalue weighted by Gasteiger charge is -2.23. The summed E-state index contributed by atoms with van der Waals surface area (Å²) in [5.74, 6) is -0.147. The predicted molar refractivity (Wildman–Crippen MR) is 325 cm³/mol. The summed E-state index contributed by atoms with van der Waals surface area (Å²) in [5.41, 5.74) is 5.31. The van der Waals surface area contributed by atoms with Gasteiger partial charge in [-0.2, -0.15) is 0 Å². The standard InChI is InChI=1S/C70H50N2O8/c1-34(2)38-23-16-18-37(7)65(38)71-67(73)45-30-53-59-61-55(79-51-28-14-10-21-43(51)41-19-8-12-26-49(41)77-53)32-47-58-48(70(76)72(69(47)75)66-39(35(3)4)24-17-25-40(66)36(5)6)33-56-62(64(58)61)60-54(31-46(68(71)74)57(45)63(59)60)78-50-27-13-9-20-42(50)44-22-11-15-29-52(44)80-56/h8-36H,1-7H3. The molecule has 0 aliphatic heterocycles. The van der Waals surface area contributed by atoms with E-state index in [0.29, 0.717) is 98.3 Å². The van der Waals surface area contributed by atoms with E-state index in [0.717, 1.165) is 22.3 Å². The zero-order valence-electron chi connectivity index (χ0n) is 44.9. The molecule has 0 amide bonds. The summed E-state index contributed by atoms with van der Waals surface area (Å²) in [4.78, 5) is 64.1. The van der Waals surface area contributed by atoms with Crippen LogP contribution < -0.4 is 22.2 Å². The van der Waals surface area contributed by atoms with Crippen LogP contribution in [0.25, 0.3) is 142 Å². The summed E-state index contributed by atoms with van der Waals surface area (Å²) >= 11 is 0. The Bertz CT molecular complexity index is 5290. The molecule has 11 aromatic carbocycles. The van der Waals surface area contributed by atoms with Crippen molar-refractivity contribution in [3.05, 3.63) is 221 Å². The van der Waals surface area contributed by atoms with Crippen molar-refractivity contribution in [1.29, 1.82) is 0 Å². The van der Waals surface area contributed by atoms with Gasteiger partial charge in [-0.15, -0.1) is 0 Å². The van der Waals surface area contributed by atoms with Gasteiger partial charge in [0.2, 0.25) is 0 Å². The van der Waals surface area contributed by atoms with Gasteiger partial charge in [-0.25, -0.2) is 9.13 Å². The van der Waals surface area contributed by atoms with Crippen LogP contribution in [0.15, 0.2) is 195 Å². The van der Waals surface area contributed by atoms with Gasteiger partial charge < -0.3 is 17.7 Å². The number of hydrogen-bond acceptors (Lipinski definition) is 8. The molecule has 0 fully saturated rings. The molecule has 4 aromatic heterocycles. The van der Waals surface area contributed by atoms with Gasteiger partial charge in [0.05, 0.1) is 32.9 Å². The summed E-state index contributed by atoms with van der Waals surface area (Å²) in [7, 11) is 0. The van der Waals surface area contributed by atoms with Gasteiger partial charge in [0.15, 0.2) is 0 Å². The lowest BCUT2D eigenvalue weighted by atomic mass is 9.84. The summed E-state index contributed by atoms with van der Waals surface area (Å²) < 4.78 is 32.2. The Morgan fingerprint density at radius 2 is 0.562 bits per heavy atom. The molecule has 0 unspecified atom stereocenters. The van der Waals surface area contributed by atoms with Gasteiger partial charge in [-0.1, -0.05) is 151 Å². The van der Waals surface area contributed by atoms with Crippen LogP contribution in [-0.2, 0) is 0 Å². The van der Waals surface area contributed by atoms with Gasteiger partial charge >= 0.3 is 0 Å². The molecule has 10 nitrogen and oxygen atoms in total. The van der Waals surface area contributed by atoms with Crippen molar-refractivity contribution in [2.45, 2.75) is 66.2 Å². The number of rotatable bonds is 5. The summed E-state index contributed by atoms with van der Waals surface area (Å²) in [6.45, 7) is 14.3. The topological polar surface area (TPSA) is 131 Å². The zero-order valence-corrected chi connectivity index (χ0v) is 44.9. The molecule has 0 saturated heterocycles. The number of aromatic nitrogens is 2. The van der Waals surface area contributed by atoms with Gasteiger partial charge in [0.1, 0.15) is 44.7 Å². The van der Waals surface area contributed by atoms with Crippen LogP contribution in [0.1, 0.15) is 81.5 Å². The molecule has 0 saturated carbocycles. The molecule has 15 rings (SSSR count). The fraction of sp³-hybridized carbons (Fsp3) is 0.143. The summed E-state index contributed by atoms with van der Waals surface area (Å²) in [6.07, 6.45) is 0. The number of nitrogens with zero attached hydrogens (tertiary/aromatic N) is 2. The molecule has 0 bridgehead atoms. The van der Waals surface area contributed by atoms with Crippen molar-refractivity contribution >= 4 is 131 Å². The average molecular weight is 1050 g/mol. The molecule has 0 N–H and O–H groups in total. The first-order valence-electron chi connectivity index (χ1n) is 27.2. The van der Waals surface area contributed by atoms with Crippen molar-refractivity contribution in [2.24, 2.45) is 0 Å². The minimum absolute atomic E-state index is 0.0431. The maximum Gasteiger partial charge on any atom is 0.266 e. The number of para-hydroxylation sites is 6. The first kappa shape index (κ1) is 47.4. The Morgan fingerprint density at radius 1 is 0.287 bits per heavy atom. The molecule has 388 valence electrons. The van der Waals surface area contributed by atoms with E-state index in [-0.39, 0.29) is 61.6 Å². The Balaban J connectivity index is 1.34.